The summed E-state index contributed by atoms with van der Waals surface area (Å²) in [5.41, 5.74) is 5.22. The van der Waals surface area contributed by atoms with Crippen LogP contribution in [-0.4, -0.2) is 32.6 Å². The molecule has 0 radical (unpaired) electrons. The third-order valence-corrected chi connectivity index (χ3v) is 5.60. The number of carbonyl (C=O) groups is 1. The van der Waals surface area contributed by atoms with E-state index in [-0.39, 0.29) is 19.0 Å². The van der Waals surface area contributed by atoms with Crippen LogP contribution in [0, 0.1) is 6.92 Å². The monoisotopic (exact) mass is 438 g/mol. The van der Waals surface area contributed by atoms with Crippen molar-refractivity contribution in [3.8, 4) is 17.0 Å². The Labute approximate surface area is 185 Å². The summed E-state index contributed by atoms with van der Waals surface area (Å²) in [4.78, 5) is 12.5. The average Bonchev–Trinajstić information content (AvgIpc) is 3.26. The minimum Gasteiger partial charge on any atom is -0.496 e. The van der Waals surface area contributed by atoms with E-state index in [9.17, 15) is 4.79 Å². The predicted octanol–water partition coefficient (Wildman–Crippen LogP) is 4.23. The van der Waals surface area contributed by atoms with Crippen LogP contribution in [0.25, 0.3) is 22.2 Å². The van der Waals surface area contributed by atoms with Gasteiger partial charge >= 0.3 is 5.97 Å². The van der Waals surface area contributed by atoms with Crippen molar-refractivity contribution in [2.24, 2.45) is 14.1 Å². The highest BCUT2D eigenvalue weighted by Gasteiger charge is 2.20. The molecule has 0 amide bonds. The van der Waals surface area contributed by atoms with Gasteiger partial charge in [-0.2, -0.15) is 10.2 Å². The number of carbonyl (C=O) groups excluding carboxylic acids is 1. The molecule has 0 aliphatic carbocycles. The maximum atomic E-state index is 12.5. The molecule has 0 unspecified atom stereocenters. The molecule has 8 heteroatoms. The number of nitrogens with zero attached hydrogens (tertiary/aromatic N) is 4. The Balaban J connectivity index is 1.49. The van der Waals surface area contributed by atoms with Crippen LogP contribution in [0.1, 0.15) is 16.8 Å². The Morgan fingerprint density at radius 1 is 1.13 bits per heavy atom. The molecule has 7 nitrogen and oxygen atoms in total. The van der Waals surface area contributed by atoms with Crippen LogP contribution in [0.4, 0.5) is 0 Å². The van der Waals surface area contributed by atoms with E-state index in [1.165, 1.54) is 0 Å². The van der Waals surface area contributed by atoms with Gasteiger partial charge in [0.15, 0.2) is 0 Å². The van der Waals surface area contributed by atoms with Gasteiger partial charge in [-0.3, -0.25) is 14.2 Å². The summed E-state index contributed by atoms with van der Waals surface area (Å²) in [6, 6.07) is 11.3. The number of ether oxygens (including phenoxy) is 2. The Bertz CT molecular complexity index is 1280. The predicted molar refractivity (Wildman–Crippen MR) is 119 cm³/mol. The van der Waals surface area contributed by atoms with E-state index >= 15 is 0 Å². The molecule has 0 saturated carbocycles. The van der Waals surface area contributed by atoms with Crippen molar-refractivity contribution in [3.63, 3.8) is 0 Å². The zero-order valence-corrected chi connectivity index (χ0v) is 18.6. The van der Waals surface area contributed by atoms with Crippen LogP contribution >= 0.6 is 11.6 Å². The van der Waals surface area contributed by atoms with Crippen molar-refractivity contribution in [3.05, 3.63) is 64.4 Å². The first-order valence-electron chi connectivity index (χ1n) is 9.80. The average molecular weight is 439 g/mol. The maximum Gasteiger partial charge on any atom is 0.312 e. The van der Waals surface area contributed by atoms with Crippen LogP contribution in [0.15, 0.2) is 42.6 Å². The number of benzene rings is 2. The number of hydrogen-bond donors (Lipinski definition) is 0. The van der Waals surface area contributed by atoms with Crippen molar-refractivity contribution >= 4 is 28.5 Å². The molecule has 0 saturated heterocycles. The maximum absolute atomic E-state index is 12.5. The molecule has 2 aromatic heterocycles. The van der Waals surface area contributed by atoms with Crippen molar-refractivity contribution in [2.75, 3.05) is 7.11 Å². The topological polar surface area (TPSA) is 71.2 Å². The lowest BCUT2D eigenvalue weighted by atomic mass is 10.0. The Morgan fingerprint density at radius 3 is 2.71 bits per heavy atom. The fourth-order valence-electron chi connectivity index (χ4n) is 3.68. The number of esters is 1. The summed E-state index contributed by atoms with van der Waals surface area (Å²) in [6.45, 7) is 2.15. The van der Waals surface area contributed by atoms with Crippen LogP contribution in [0.3, 0.4) is 0 Å². The molecule has 2 aromatic carbocycles. The summed E-state index contributed by atoms with van der Waals surface area (Å²) in [6.07, 6.45) is 1.92. The molecular weight excluding hydrogens is 416 g/mol. The van der Waals surface area contributed by atoms with Gasteiger partial charge in [0, 0.05) is 30.1 Å². The SMILES string of the molecule is COc1cc(Cl)ccc1-c1nn(C)c(CC(=O)OCc2ccc3c(cnn3C)c2)c1C. The quantitative estimate of drug-likeness (QED) is 0.421. The van der Waals surface area contributed by atoms with Gasteiger partial charge in [0.25, 0.3) is 0 Å². The van der Waals surface area contributed by atoms with Gasteiger partial charge in [-0.15, -0.1) is 0 Å². The lowest BCUT2D eigenvalue weighted by Crippen LogP contribution is -2.12. The van der Waals surface area contributed by atoms with Crippen LogP contribution in [-0.2, 0) is 36.7 Å². The smallest absolute Gasteiger partial charge is 0.312 e. The third kappa shape index (κ3) is 4.14. The molecule has 0 atom stereocenters. The molecule has 160 valence electrons. The molecule has 0 fully saturated rings. The van der Waals surface area contributed by atoms with Crippen molar-refractivity contribution in [1.29, 1.82) is 0 Å². The van der Waals surface area contributed by atoms with Crippen LogP contribution < -0.4 is 4.74 Å². The standard InChI is InChI=1S/C23H23ClN4O3/c1-14-20(28(3)26-23(14)18-7-6-17(24)10-21(18)30-4)11-22(29)31-13-15-5-8-19-16(9-15)12-25-27(19)2/h5-10,12H,11,13H2,1-4H3. The highest BCUT2D eigenvalue weighted by molar-refractivity contribution is 6.30. The van der Waals surface area contributed by atoms with E-state index in [2.05, 4.69) is 10.2 Å². The zero-order chi connectivity index (χ0) is 22.1. The molecule has 2 heterocycles. The fourth-order valence-corrected chi connectivity index (χ4v) is 3.84. The highest BCUT2D eigenvalue weighted by atomic mass is 35.5. The summed E-state index contributed by atoms with van der Waals surface area (Å²) in [5, 5.41) is 10.4. The third-order valence-electron chi connectivity index (χ3n) is 5.37. The largest absolute Gasteiger partial charge is 0.496 e. The van der Waals surface area contributed by atoms with Crippen LogP contribution in [0.5, 0.6) is 5.75 Å². The van der Waals surface area contributed by atoms with Gasteiger partial charge in [-0.05, 0) is 48.4 Å². The van der Waals surface area contributed by atoms with E-state index in [4.69, 9.17) is 21.1 Å². The van der Waals surface area contributed by atoms with Gasteiger partial charge in [-0.1, -0.05) is 17.7 Å². The van der Waals surface area contributed by atoms with Crippen LogP contribution in [0.2, 0.25) is 5.02 Å². The van der Waals surface area contributed by atoms with E-state index in [0.29, 0.717) is 10.8 Å². The van der Waals surface area contributed by atoms with Gasteiger partial charge in [-0.25, -0.2) is 0 Å². The molecule has 0 spiro atoms. The number of aryl methyl sites for hydroxylation is 2. The molecule has 0 aliphatic rings. The first-order valence-corrected chi connectivity index (χ1v) is 10.2. The normalized spacial score (nSPS) is 11.1. The second-order valence-corrected chi connectivity index (χ2v) is 7.82. The minimum absolute atomic E-state index is 0.125. The minimum atomic E-state index is -0.313. The number of rotatable bonds is 6. The lowest BCUT2D eigenvalue weighted by molar-refractivity contribution is -0.144. The lowest BCUT2D eigenvalue weighted by Gasteiger charge is -2.08. The molecule has 0 bridgehead atoms. The van der Waals surface area contributed by atoms with E-state index in [0.717, 1.165) is 39.0 Å². The summed E-state index contributed by atoms with van der Waals surface area (Å²) in [5.74, 6) is 0.320. The number of halogens is 1. The zero-order valence-electron chi connectivity index (χ0n) is 17.8. The van der Waals surface area contributed by atoms with E-state index in [1.807, 2.05) is 50.0 Å². The van der Waals surface area contributed by atoms with Crippen molar-refractivity contribution < 1.29 is 14.3 Å². The van der Waals surface area contributed by atoms with E-state index in [1.54, 1.807) is 30.1 Å². The van der Waals surface area contributed by atoms with Gasteiger partial charge in [0.05, 0.1) is 36.6 Å². The first kappa shape index (κ1) is 20.9. The molecule has 31 heavy (non-hydrogen) atoms. The molecule has 0 N–H and O–H groups in total. The summed E-state index contributed by atoms with van der Waals surface area (Å²) in [7, 11) is 5.30. The highest BCUT2D eigenvalue weighted by Crippen LogP contribution is 2.34. The second kappa shape index (κ2) is 8.43. The number of hydrogen-bond acceptors (Lipinski definition) is 5. The van der Waals surface area contributed by atoms with Gasteiger partial charge < -0.3 is 9.47 Å². The molecule has 4 aromatic rings. The van der Waals surface area contributed by atoms with Crippen molar-refractivity contribution in [2.45, 2.75) is 20.0 Å². The number of aromatic nitrogens is 4. The number of fused-ring (bicyclic) bond motifs is 1. The first-order chi connectivity index (χ1) is 14.9. The summed E-state index contributed by atoms with van der Waals surface area (Å²) >= 11 is 6.08. The Hall–Kier alpha value is -3.32. The summed E-state index contributed by atoms with van der Waals surface area (Å²) < 4.78 is 14.5. The molecule has 4 rings (SSSR count). The van der Waals surface area contributed by atoms with Gasteiger partial charge in [0.1, 0.15) is 12.4 Å². The van der Waals surface area contributed by atoms with E-state index < -0.39 is 0 Å². The second-order valence-electron chi connectivity index (χ2n) is 7.39. The molecule has 0 aliphatic heterocycles. The Morgan fingerprint density at radius 2 is 1.94 bits per heavy atom. The van der Waals surface area contributed by atoms with Crippen molar-refractivity contribution in [1.82, 2.24) is 19.6 Å². The Kier molecular flexibility index (Phi) is 5.69. The van der Waals surface area contributed by atoms with Gasteiger partial charge in [0.2, 0.25) is 0 Å². The fraction of sp³-hybridized carbons (Fsp3) is 0.261. The molecular formula is C23H23ClN4O3. The number of methoxy groups -OCH3 is 1.